The van der Waals surface area contributed by atoms with Crippen molar-refractivity contribution in [1.82, 2.24) is 5.32 Å². The van der Waals surface area contributed by atoms with Gasteiger partial charge in [0.05, 0.1) is 43.9 Å². The Morgan fingerprint density at radius 3 is 2.14 bits per heavy atom. The number of esters is 1. The summed E-state index contributed by atoms with van der Waals surface area (Å²) >= 11 is 0. The molecule has 0 aromatic heterocycles. The maximum absolute atomic E-state index is 12.9. The van der Waals surface area contributed by atoms with E-state index in [9.17, 15) is 9.59 Å². The lowest BCUT2D eigenvalue weighted by atomic mass is 9.93. The molecule has 0 saturated heterocycles. The topological polar surface area (TPSA) is 114 Å². The Morgan fingerprint density at radius 1 is 0.952 bits per heavy atom. The number of benzene rings is 2. The highest BCUT2D eigenvalue weighted by molar-refractivity contribution is 6.04. The minimum atomic E-state index is -0.734. The molecule has 1 aliphatic heterocycles. The molecule has 0 fully saturated rings. The van der Waals surface area contributed by atoms with Crippen LogP contribution in [0.25, 0.3) is 11.1 Å². The number of nitrogens with zero attached hydrogens (tertiary/aromatic N) is 1. The predicted octanol–water partition coefficient (Wildman–Crippen LogP) is 6.09. The van der Waals surface area contributed by atoms with Crippen molar-refractivity contribution in [3.05, 3.63) is 41.5 Å². The van der Waals surface area contributed by atoms with Crippen LogP contribution in [0.15, 0.2) is 35.3 Å². The quantitative estimate of drug-likeness (QED) is 0.352. The second-order valence-electron chi connectivity index (χ2n) is 12.8. The third kappa shape index (κ3) is 8.08. The van der Waals surface area contributed by atoms with Gasteiger partial charge in [-0.05, 0) is 79.2 Å². The molecule has 1 heterocycles. The SMILES string of the molecule is COc1cc(OC)c(-c2cc([C@H](COC(=O)C(C)(C)C)NC(=O)OC(C)(C)C)ccc2OC)c(C2=NC(C)(C)CO2)c1. The zero-order valence-electron chi connectivity index (χ0n) is 26.6. The lowest BCUT2D eigenvalue weighted by Gasteiger charge is -2.26. The number of ether oxygens (including phenoxy) is 6. The number of methoxy groups -OCH3 is 3. The average molecular weight is 585 g/mol. The molecule has 1 aliphatic rings. The Morgan fingerprint density at radius 2 is 1.62 bits per heavy atom. The van der Waals surface area contributed by atoms with E-state index in [4.69, 9.17) is 33.4 Å². The summed E-state index contributed by atoms with van der Waals surface area (Å²) in [5, 5.41) is 2.86. The molecule has 0 spiro atoms. The molecule has 3 rings (SSSR count). The monoisotopic (exact) mass is 584 g/mol. The summed E-state index contributed by atoms with van der Waals surface area (Å²) in [7, 11) is 4.72. The van der Waals surface area contributed by atoms with E-state index in [1.807, 2.05) is 26.0 Å². The summed E-state index contributed by atoms with van der Waals surface area (Å²) in [6.07, 6.45) is -0.643. The van der Waals surface area contributed by atoms with Gasteiger partial charge in [-0.25, -0.2) is 9.79 Å². The van der Waals surface area contributed by atoms with Crippen LogP contribution in [-0.2, 0) is 19.0 Å². The van der Waals surface area contributed by atoms with Crippen LogP contribution in [-0.4, -0.2) is 63.6 Å². The summed E-state index contributed by atoms with van der Waals surface area (Å²) in [4.78, 5) is 30.3. The third-order valence-electron chi connectivity index (χ3n) is 6.31. The zero-order chi connectivity index (χ0) is 31.5. The molecule has 0 saturated carbocycles. The summed E-state index contributed by atoms with van der Waals surface area (Å²) in [5.41, 5.74) is 0.773. The minimum Gasteiger partial charge on any atom is -0.497 e. The van der Waals surface area contributed by atoms with Gasteiger partial charge in [-0.3, -0.25) is 4.79 Å². The summed E-state index contributed by atoms with van der Waals surface area (Å²) < 4.78 is 34.3. The molecule has 10 nitrogen and oxygen atoms in total. The Kier molecular flexibility index (Phi) is 9.70. The largest absolute Gasteiger partial charge is 0.497 e. The average Bonchev–Trinajstić information content (AvgIpc) is 3.27. The van der Waals surface area contributed by atoms with Crippen molar-refractivity contribution in [3.8, 4) is 28.4 Å². The fraction of sp³-hybridized carbons (Fsp3) is 0.531. The molecule has 0 bridgehead atoms. The molecule has 2 aromatic carbocycles. The van der Waals surface area contributed by atoms with E-state index in [2.05, 4.69) is 5.32 Å². The Hall–Kier alpha value is -3.95. The first-order chi connectivity index (χ1) is 19.5. The van der Waals surface area contributed by atoms with Crippen LogP contribution >= 0.6 is 0 Å². The van der Waals surface area contributed by atoms with Gasteiger partial charge in [0.25, 0.3) is 0 Å². The van der Waals surface area contributed by atoms with Crippen molar-refractivity contribution < 1.29 is 38.0 Å². The lowest BCUT2D eigenvalue weighted by Crippen LogP contribution is -2.37. The van der Waals surface area contributed by atoms with Crippen LogP contribution in [0.3, 0.4) is 0 Å². The number of rotatable bonds is 9. The van der Waals surface area contributed by atoms with E-state index in [0.717, 1.165) is 0 Å². The molecule has 1 amide bonds. The molecule has 230 valence electrons. The molecule has 0 unspecified atom stereocenters. The second-order valence-corrected chi connectivity index (χ2v) is 12.8. The van der Waals surface area contributed by atoms with Crippen molar-refractivity contribution >= 4 is 18.0 Å². The number of hydrogen-bond acceptors (Lipinski definition) is 9. The van der Waals surface area contributed by atoms with E-state index >= 15 is 0 Å². The van der Waals surface area contributed by atoms with Gasteiger partial charge in [-0.15, -0.1) is 0 Å². The number of nitrogens with one attached hydrogen (secondary N) is 1. The van der Waals surface area contributed by atoms with Crippen molar-refractivity contribution in [2.24, 2.45) is 10.4 Å². The minimum absolute atomic E-state index is 0.113. The number of alkyl carbamates (subject to hydrolysis) is 1. The molecule has 1 atom stereocenters. The standard InChI is InChI=1S/C32H44N2O8/c1-30(2,3)28(35)40-17-23(33-29(36)42-31(4,5)6)19-12-13-24(38-10)21(14-19)26-22(27-34-32(7,8)18-41-27)15-20(37-9)16-25(26)39-11/h12-16,23H,17-18H2,1-11H3,(H,33,36)/t23-/m0/s1. The highest BCUT2D eigenvalue weighted by atomic mass is 16.6. The van der Waals surface area contributed by atoms with E-state index in [1.54, 1.807) is 81.1 Å². The summed E-state index contributed by atoms with van der Waals surface area (Å²) in [5.74, 6) is 1.67. The molecule has 10 heteroatoms. The summed E-state index contributed by atoms with van der Waals surface area (Å²) in [6, 6.07) is 8.33. The highest BCUT2D eigenvalue weighted by Gasteiger charge is 2.32. The predicted molar refractivity (Wildman–Crippen MR) is 161 cm³/mol. The van der Waals surface area contributed by atoms with Crippen LogP contribution in [0.5, 0.6) is 17.2 Å². The molecule has 42 heavy (non-hydrogen) atoms. The Balaban J connectivity index is 2.19. The number of carbonyl (C=O) groups is 2. The normalized spacial score (nSPS) is 15.2. The maximum Gasteiger partial charge on any atom is 0.408 e. The smallest absolute Gasteiger partial charge is 0.408 e. The van der Waals surface area contributed by atoms with Crippen LogP contribution in [0.4, 0.5) is 4.79 Å². The number of carbonyl (C=O) groups excluding carboxylic acids is 2. The first kappa shape index (κ1) is 32.6. The van der Waals surface area contributed by atoms with Crippen LogP contribution in [0.1, 0.15) is 72.6 Å². The first-order valence-corrected chi connectivity index (χ1v) is 13.8. The van der Waals surface area contributed by atoms with Crippen LogP contribution in [0.2, 0.25) is 0 Å². The first-order valence-electron chi connectivity index (χ1n) is 13.8. The van der Waals surface area contributed by atoms with E-state index in [0.29, 0.717) is 52.0 Å². The van der Waals surface area contributed by atoms with E-state index in [1.165, 1.54) is 0 Å². The van der Waals surface area contributed by atoms with Crippen molar-refractivity contribution in [2.75, 3.05) is 34.5 Å². The van der Waals surface area contributed by atoms with Gasteiger partial charge in [0, 0.05) is 17.2 Å². The maximum atomic E-state index is 12.9. The highest BCUT2D eigenvalue weighted by Crippen LogP contribution is 2.44. The molecular weight excluding hydrogens is 540 g/mol. The molecular formula is C32H44N2O8. The van der Waals surface area contributed by atoms with Crippen LogP contribution in [0, 0.1) is 5.41 Å². The van der Waals surface area contributed by atoms with Gasteiger partial charge in [0.1, 0.15) is 36.1 Å². The lowest BCUT2D eigenvalue weighted by molar-refractivity contribution is -0.153. The fourth-order valence-electron chi connectivity index (χ4n) is 4.22. The third-order valence-corrected chi connectivity index (χ3v) is 6.31. The second kappa shape index (κ2) is 12.5. The van der Waals surface area contributed by atoms with Gasteiger partial charge in [0.15, 0.2) is 0 Å². The van der Waals surface area contributed by atoms with Gasteiger partial charge < -0.3 is 33.7 Å². The van der Waals surface area contributed by atoms with Crippen LogP contribution < -0.4 is 19.5 Å². The molecule has 0 aliphatic carbocycles. The Bertz CT molecular complexity index is 1340. The Labute approximate surface area is 248 Å². The fourth-order valence-corrected chi connectivity index (χ4v) is 4.22. The van der Waals surface area contributed by atoms with Gasteiger partial charge in [-0.2, -0.15) is 0 Å². The van der Waals surface area contributed by atoms with Gasteiger partial charge in [-0.1, -0.05) is 6.07 Å². The van der Waals surface area contributed by atoms with Crippen molar-refractivity contribution in [2.45, 2.75) is 72.6 Å². The molecule has 1 N–H and O–H groups in total. The van der Waals surface area contributed by atoms with Crippen molar-refractivity contribution in [3.63, 3.8) is 0 Å². The number of hydrogen-bond donors (Lipinski definition) is 1. The number of aliphatic imine (C=N–C) groups is 1. The van der Waals surface area contributed by atoms with Crippen molar-refractivity contribution in [1.29, 1.82) is 0 Å². The molecule has 2 aromatic rings. The number of amides is 1. The summed E-state index contributed by atoms with van der Waals surface area (Å²) in [6.45, 7) is 14.9. The van der Waals surface area contributed by atoms with Gasteiger partial charge in [0.2, 0.25) is 5.90 Å². The zero-order valence-corrected chi connectivity index (χ0v) is 26.6. The van der Waals surface area contributed by atoms with E-state index < -0.39 is 34.7 Å². The van der Waals surface area contributed by atoms with E-state index in [-0.39, 0.29) is 6.61 Å². The molecule has 0 radical (unpaired) electrons. The van der Waals surface area contributed by atoms with Gasteiger partial charge >= 0.3 is 12.1 Å².